The molecular weight excluding hydrogens is 196 g/mol. The van der Waals surface area contributed by atoms with Crippen molar-refractivity contribution in [2.75, 3.05) is 13.1 Å². The molecule has 1 aromatic carbocycles. The van der Waals surface area contributed by atoms with Crippen molar-refractivity contribution < 1.29 is 0 Å². The molecule has 3 heteroatoms. The molecule has 0 amide bonds. The summed E-state index contributed by atoms with van der Waals surface area (Å²) in [5, 5.41) is 12.9. The standard InChI is InChI=1S/C11H11ClN2/c12-11-4-2-1-3-9(11)10-7-14-6-8(10)5-13/h1-4,8,10,14H,6-7H2/t8-,10+/m0/s1. The van der Waals surface area contributed by atoms with Gasteiger partial charge in [-0.15, -0.1) is 0 Å². The van der Waals surface area contributed by atoms with Crippen LogP contribution in [-0.4, -0.2) is 13.1 Å². The maximum absolute atomic E-state index is 8.96. The molecule has 0 unspecified atom stereocenters. The molecule has 1 aliphatic rings. The summed E-state index contributed by atoms with van der Waals surface area (Å²) in [6.07, 6.45) is 0. The predicted octanol–water partition coefficient (Wildman–Crippen LogP) is 2.17. The van der Waals surface area contributed by atoms with E-state index in [1.54, 1.807) is 0 Å². The van der Waals surface area contributed by atoms with Gasteiger partial charge in [-0.1, -0.05) is 29.8 Å². The number of benzene rings is 1. The number of hydrogen-bond donors (Lipinski definition) is 1. The van der Waals surface area contributed by atoms with Crippen molar-refractivity contribution in [3.8, 4) is 6.07 Å². The highest BCUT2D eigenvalue weighted by Gasteiger charge is 2.29. The van der Waals surface area contributed by atoms with Gasteiger partial charge in [-0.25, -0.2) is 0 Å². The molecule has 2 nitrogen and oxygen atoms in total. The van der Waals surface area contributed by atoms with Crippen molar-refractivity contribution in [2.45, 2.75) is 5.92 Å². The average molecular weight is 207 g/mol. The number of nitrogens with zero attached hydrogens (tertiary/aromatic N) is 1. The maximum atomic E-state index is 8.96. The molecule has 14 heavy (non-hydrogen) atoms. The highest BCUT2D eigenvalue weighted by atomic mass is 35.5. The number of nitrogens with one attached hydrogen (secondary N) is 1. The molecule has 1 heterocycles. The van der Waals surface area contributed by atoms with E-state index >= 15 is 0 Å². The molecule has 0 aromatic heterocycles. The van der Waals surface area contributed by atoms with E-state index in [-0.39, 0.29) is 11.8 Å². The second kappa shape index (κ2) is 4.00. The van der Waals surface area contributed by atoms with Gasteiger partial charge in [0.05, 0.1) is 12.0 Å². The molecular formula is C11H11ClN2. The fourth-order valence-corrected chi connectivity index (χ4v) is 2.19. The van der Waals surface area contributed by atoms with Crippen molar-refractivity contribution >= 4 is 11.6 Å². The molecule has 1 fully saturated rings. The van der Waals surface area contributed by atoms with Crippen molar-refractivity contribution in [2.24, 2.45) is 5.92 Å². The van der Waals surface area contributed by atoms with Gasteiger partial charge in [0.1, 0.15) is 0 Å². The summed E-state index contributed by atoms with van der Waals surface area (Å²) < 4.78 is 0. The first-order valence-electron chi connectivity index (χ1n) is 4.67. The van der Waals surface area contributed by atoms with Crippen LogP contribution in [0.15, 0.2) is 24.3 Å². The molecule has 2 atom stereocenters. The summed E-state index contributed by atoms with van der Waals surface area (Å²) in [5.41, 5.74) is 1.09. The molecule has 1 aliphatic heterocycles. The Bertz CT molecular complexity index is 370. The lowest BCUT2D eigenvalue weighted by atomic mass is 9.90. The lowest BCUT2D eigenvalue weighted by Crippen LogP contribution is -2.08. The fraction of sp³-hybridized carbons (Fsp3) is 0.364. The van der Waals surface area contributed by atoms with Gasteiger partial charge in [-0.3, -0.25) is 0 Å². The van der Waals surface area contributed by atoms with Crippen molar-refractivity contribution in [3.05, 3.63) is 34.9 Å². The Hall–Kier alpha value is -1.04. The third kappa shape index (κ3) is 1.61. The monoisotopic (exact) mass is 206 g/mol. The van der Waals surface area contributed by atoms with Gasteiger partial charge in [0.2, 0.25) is 0 Å². The van der Waals surface area contributed by atoms with Gasteiger partial charge in [-0.05, 0) is 11.6 Å². The molecule has 0 aliphatic carbocycles. The van der Waals surface area contributed by atoms with Crippen LogP contribution < -0.4 is 5.32 Å². The summed E-state index contributed by atoms with van der Waals surface area (Å²) in [6, 6.07) is 10.1. The van der Waals surface area contributed by atoms with Gasteiger partial charge in [0.15, 0.2) is 0 Å². The van der Waals surface area contributed by atoms with Crippen LogP contribution >= 0.6 is 11.6 Å². The lowest BCUT2D eigenvalue weighted by molar-refractivity contribution is 0.647. The Balaban J connectivity index is 2.31. The molecule has 1 saturated heterocycles. The molecule has 2 rings (SSSR count). The highest BCUT2D eigenvalue weighted by Crippen LogP contribution is 2.32. The van der Waals surface area contributed by atoms with Gasteiger partial charge >= 0.3 is 0 Å². The van der Waals surface area contributed by atoms with Crippen LogP contribution in [0, 0.1) is 17.2 Å². The molecule has 0 spiro atoms. The van der Waals surface area contributed by atoms with Crippen LogP contribution in [0.25, 0.3) is 0 Å². The van der Waals surface area contributed by atoms with Gasteiger partial charge in [0.25, 0.3) is 0 Å². The van der Waals surface area contributed by atoms with Gasteiger partial charge in [-0.2, -0.15) is 5.26 Å². The van der Waals surface area contributed by atoms with E-state index < -0.39 is 0 Å². The van der Waals surface area contributed by atoms with Crippen molar-refractivity contribution in [3.63, 3.8) is 0 Å². The van der Waals surface area contributed by atoms with Gasteiger partial charge in [0, 0.05) is 24.0 Å². The number of halogens is 1. The minimum absolute atomic E-state index is 0.0508. The number of hydrogen-bond acceptors (Lipinski definition) is 2. The normalized spacial score (nSPS) is 26.0. The van der Waals surface area contributed by atoms with Crippen LogP contribution in [0.3, 0.4) is 0 Å². The highest BCUT2D eigenvalue weighted by molar-refractivity contribution is 6.31. The third-order valence-corrected chi connectivity index (χ3v) is 3.03. The zero-order valence-corrected chi connectivity index (χ0v) is 8.46. The number of rotatable bonds is 1. The molecule has 0 radical (unpaired) electrons. The Kier molecular flexibility index (Phi) is 2.72. The predicted molar refractivity (Wildman–Crippen MR) is 56.2 cm³/mol. The molecule has 1 N–H and O–H groups in total. The van der Waals surface area contributed by atoms with Crippen molar-refractivity contribution in [1.29, 1.82) is 5.26 Å². The molecule has 0 bridgehead atoms. The van der Waals surface area contributed by atoms with E-state index in [1.165, 1.54) is 0 Å². The third-order valence-electron chi connectivity index (χ3n) is 2.68. The van der Waals surface area contributed by atoms with E-state index in [9.17, 15) is 0 Å². The van der Waals surface area contributed by atoms with E-state index in [2.05, 4.69) is 11.4 Å². The summed E-state index contributed by atoms with van der Waals surface area (Å²) in [4.78, 5) is 0. The Morgan fingerprint density at radius 1 is 1.36 bits per heavy atom. The lowest BCUT2D eigenvalue weighted by Gasteiger charge is -2.13. The topological polar surface area (TPSA) is 35.8 Å². The van der Waals surface area contributed by atoms with Crippen LogP contribution in [0.4, 0.5) is 0 Å². The zero-order valence-electron chi connectivity index (χ0n) is 7.70. The SMILES string of the molecule is N#C[C@H]1CNC[C@H]1c1ccccc1Cl. The second-order valence-electron chi connectivity index (χ2n) is 3.52. The zero-order chi connectivity index (χ0) is 9.97. The van der Waals surface area contributed by atoms with E-state index in [0.29, 0.717) is 0 Å². The van der Waals surface area contributed by atoms with E-state index in [0.717, 1.165) is 23.7 Å². The van der Waals surface area contributed by atoms with Crippen molar-refractivity contribution in [1.82, 2.24) is 5.32 Å². The van der Waals surface area contributed by atoms with Crippen LogP contribution in [-0.2, 0) is 0 Å². The Morgan fingerprint density at radius 2 is 2.14 bits per heavy atom. The molecule has 0 saturated carbocycles. The van der Waals surface area contributed by atoms with Gasteiger partial charge < -0.3 is 5.32 Å². The van der Waals surface area contributed by atoms with E-state index in [4.69, 9.17) is 16.9 Å². The first-order chi connectivity index (χ1) is 6.83. The summed E-state index contributed by atoms with van der Waals surface area (Å²) in [7, 11) is 0. The Morgan fingerprint density at radius 3 is 2.86 bits per heavy atom. The average Bonchev–Trinajstić information content (AvgIpc) is 2.66. The van der Waals surface area contributed by atoms with Crippen LogP contribution in [0.1, 0.15) is 11.5 Å². The minimum atomic E-state index is 0.0508. The first kappa shape index (κ1) is 9.51. The summed E-state index contributed by atoms with van der Waals surface area (Å²) in [5.74, 6) is 0.295. The van der Waals surface area contributed by atoms with Crippen LogP contribution in [0.5, 0.6) is 0 Å². The maximum Gasteiger partial charge on any atom is 0.0676 e. The first-order valence-corrected chi connectivity index (χ1v) is 5.05. The quantitative estimate of drug-likeness (QED) is 0.765. The second-order valence-corrected chi connectivity index (χ2v) is 3.93. The molecule has 72 valence electrons. The smallest absolute Gasteiger partial charge is 0.0676 e. The fourth-order valence-electron chi connectivity index (χ4n) is 1.92. The minimum Gasteiger partial charge on any atom is -0.315 e. The number of nitriles is 1. The van der Waals surface area contributed by atoms with Crippen LogP contribution in [0.2, 0.25) is 5.02 Å². The Labute approximate surface area is 88.5 Å². The largest absolute Gasteiger partial charge is 0.315 e. The summed E-state index contributed by atoms with van der Waals surface area (Å²) in [6.45, 7) is 1.62. The van der Waals surface area contributed by atoms with E-state index in [1.807, 2.05) is 24.3 Å². The summed E-state index contributed by atoms with van der Waals surface area (Å²) >= 11 is 6.09. The molecule has 1 aromatic rings.